The molecule has 0 saturated carbocycles. The van der Waals surface area contributed by atoms with Crippen molar-refractivity contribution in [3.05, 3.63) is 0 Å². The van der Waals surface area contributed by atoms with Crippen LogP contribution in [0.1, 0.15) is 19.8 Å². The summed E-state index contributed by atoms with van der Waals surface area (Å²) in [5.41, 5.74) is 5.31. The van der Waals surface area contributed by atoms with E-state index in [2.05, 4.69) is 11.8 Å². The van der Waals surface area contributed by atoms with E-state index in [9.17, 15) is 8.42 Å². The molecule has 1 aliphatic rings. The van der Waals surface area contributed by atoms with Gasteiger partial charge < -0.3 is 10.6 Å². The second kappa shape index (κ2) is 5.95. The van der Waals surface area contributed by atoms with Crippen molar-refractivity contribution in [3.8, 4) is 0 Å². The molecule has 1 saturated heterocycles. The molecule has 6 heteroatoms. The van der Waals surface area contributed by atoms with Crippen LogP contribution in [-0.4, -0.2) is 62.6 Å². The number of rotatable bonds is 5. The summed E-state index contributed by atoms with van der Waals surface area (Å²) in [5.74, 6) is 0.0531. The van der Waals surface area contributed by atoms with Gasteiger partial charge in [-0.1, -0.05) is 6.92 Å². The van der Waals surface area contributed by atoms with Crippen LogP contribution >= 0.6 is 0 Å². The van der Waals surface area contributed by atoms with Gasteiger partial charge in [0.15, 0.2) is 0 Å². The summed E-state index contributed by atoms with van der Waals surface area (Å²) in [7, 11) is -1.47. The first-order valence-corrected chi connectivity index (χ1v) is 7.50. The van der Waals surface area contributed by atoms with Crippen LogP contribution in [0.3, 0.4) is 0 Å². The molecule has 1 aliphatic heterocycles. The fourth-order valence-corrected chi connectivity index (χ4v) is 3.37. The van der Waals surface area contributed by atoms with Gasteiger partial charge in [0, 0.05) is 19.6 Å². The maximum absolute atomic E-state index is 11.8. The monoisotopic (exact) mass is 249 g/mol. The van der Waals surface area contributed by atoms with Crippen LogP contribution in [0.4, 0.5) is 0 Å². The molecule has 96 valence electrons. The van der Waals surface area contributed by atoms with E-state index in [4.69, 9.17) is 5.73 Å². The van der Waals surface area contributed by atoms with Gasteiger partial charge >= 0.3 is 0 Å². The molecule has 1 fully saturated rings. The van der Waals surface area contributed by atoms with E-state index < -0.39 is 10.0 Å². The van der Waals surface area contributed by atoms with E-state index in [-0.39, 0.29) is 18.3 Å². The third-order valence-electron chi connectivity index (χ3n) is 3.33. The molecule has 0 aromatic rings. The largest absolute Gasteiger partial charge is 0.329 e. The molecule has 0 aliphatic carbocycles. The van der Waals surface area contributed by atoms with Crippen molar-refractivity contribution >= 4 is 10.0 Å². The van der Waals surface area contributed by atoms with Crippen molar-refractivity contribution in [3.63, 3.8) is 0 Å². The lowest BCUT2D eigenvalue weighted by molar-refractivity contribution is 0.176. The smallest absolute Gasteiger partial charge is 0.215 e. The highest BCUT2D eigenvalue weighted by Gasteiger charge is 2.28. The van der Waals surface area contributed by atoms with Gasteiger partial charge in [-0.25, -0.2) is 12.7 Å². The van der Waals surface area contributed by atoms with Crippen molar-refractivity contribution in [1.29, 1.82) is 0 Å². The van der Waals surface area contributed by atoms with Crippen molar-refractivity contribution < 1.29 is 8.42 Å². The Balaban J connectivity index is 2.53. The summed E-state index contributed by atoms with van der Waals surface area (Å²) in [4.78, 5) is 2.35. The lowest BCUT2D eigenvalue weighted by Crippen LogP contribution is -2.46. The molecule has 0 amide bonds. The third kappa shape index (κ3) is 3.41. The molecular weight excluding hydrogens is 226 g/mol. The topological polar surface area (TPSA) is 66.6 Å². The zero-order chi connectivity index (χ0) is 12.2. The zero-order valence-corrected chi connectivity index (χ0v) is 11.0. The molecule has 5 nitrogen and oxygen atoms in total. The molecule has 0 radical (unpaired) electrons. The summed E-state index contributed by atoms with van der Waals surface area (Å²) in [6, 6.07) is 0.152. The van der Waals surface area contributed by atoms with E-state index in [1.54, 1.807) is 7.05 Å². The minimum absolute atomic E-state index is 0.0531. The Hall–Kier alpha value is -0.170. The zero-order valence-electron chi connectivity index (χ0n) is 10.2. The summed E-state index contributed by atoms with van der Waals surface area (Å²) in [6.45, 7) is 5.36. The van der Waals surface area contributed by atoms with Gasteiger partial charge in [0.1, 0.15) is 0 Å². The number of hydrogen-bond donors (Lipinski definition) is 1. The van der Waals surface area contributed by atoms with Crippen LogP contribution in [0.5, 0.6) is 0 Å². The Morgan fingerprint density at radius 1 is 1.38 bits per heavy atom. The van der Waals surface area contributed by atoms with E-state index in [0.717, 1.165) is 32.5 Å². The summed E-state index contributed by atoms with van der Waals surface area (Å²) >= 11 is 0. The Bertz CT molecular complexity index is 297. The van der Waals surface area contributed by atoms with Gasteiger partial charge in [0.05, 0.1) is 5.75 Å². The first-order valence-electron chi connectivity index (χ1n) is 5.89. The minimum atomic E-state index is -3.14. The molecule has 16 heavy (non-hydrogen) atoms. The summed E-state index contributed by atoms with van der Waals surface area (Å²) in [6.07, 6.45) is 1.85. The molecule has 2 N–H and O–H groups in total. The second-order valence-electron chi connectivity index (χ2n) is 4.29. The molecule has 0 bridgehead atoms. The van der Waals surface area contributed by atoms with E-state index in [1.807, 2.05) is 0 Å². The van der Waals surface area contributed by atoms with Gasteiger partial charge in [-0.05, 0) is 32.5 Å². The quantitative estimate of drug-likeness (QED) is 0.726. The Morgan fingerprint density at radius 3 is 2.38 bits per heavy atom. The van der Waals surface area contributed by atoms with Crippen LogP contribution in [0.15, 0.2) is 0 Å². The van der Waals surface area contributed by atoms with Crippen LogP contribution in [-0.2, 0) is 10.0 Å². The molecule has 1 heterocycles. The van der Waals surface area contributed by atoms with E-state index in [1.165, 1.54) is 4.31 Å². The summed E-state index contributed by atoms with van der Waals surface area (Å²) < 4.78 is 25.1. The SMILES string of the molecule is CCN1CCC(N(C)S(=O)(=O)CCN)CC1. The predicted molar refractivity (Wildman–Crippen MR) is 65.7 cm³/mol. The average molecular weight is 249 g/mol. The van der Waals surface area contributed by atoms with Crippen molar-refractivity contribution in [2.75, 3.05) is 39.0 Å². The maximum Gasteiger partial charge on any atom is 0.215 e. The van der Waals surface area contributed by atoms with E-state index >= 15 is 0 Å². The van der Waals surface area contributed by atoms with Crippen LogP contribution in [0.2, 0.25) is 0 Å². The molecule has 0 aromatic heterocycles. The van der Waals surface area contributed by atoms with Crippen LogP contribution in [0.25, 0.3) is 0 Å². The lowest BCUT2D eigenvalue weighted by Gasteiger charge is -2.35. The number of sulfonamides is 1. The van der Waals surface area contributed by atoms with Crippen molar-refractivity contribution in [2.24, 2.45) is 5.73 Å². The third-order valence-corrected chi connectivity index (χ3v) is 5.26. The standard InChI is InChI=1S/C10H23N3O2S/c1-3-13-7-4-10(5-8-13)12(2)16(14,15)9-6-11/h10H,3-9,11H2,1-2H3. The molecule has 0 aromatic carbocycles. The maximum atomic E-state index is 11.8. The van der Waals surface area contributed by atoms with Crippen LogP contribution < -0.4 is 5.73 Å². The fraction of sp³-hybridized carbons (Fsp3) is 1.00. The Kier molecular flexibility index (Phi) is 5.17. The summed E-state index contributed by atoms with van der Waals surface area (Å²) in [5, 5.41) is 0. The Morgan fingerprint density at radius 2 is 1.94 bits per heavy atom. The number of hydrogen-bond acceptors (Lipinski definition) is 4. The van der Waals surface area contributed by atoms with Gasteiger partial charge in [0.2, 0.25) is 10.0 Å². The molecular formula is C10H23N3O2S. The molecule has 0 atom stereocenters. The minimum Gasteiger partial charge on any atom is -0.329 e. The number of likely N-dealkylation sites (tertiary alicyclic amines) is 1. The first kappa shape index (κ1) is 13.9. The average Bonchev–Trinajstić information content (AvgIpc) is 2.28. The van der Waals surface area contributed by atoms with Gasteiger partial charge in [0.25, 0.3) is 0 Å². The molecule has 0 unspecified atom stereocenters. The highest BCUT2D eigenvalue weighted by Crippen LogP contribution is 2.17. The van der Waals surface area contributed by atoms with Crippen molar-refractivity contribution in [1.82, 2.24) is 9.21 Å². The fourth-order valence-electron chi connectivity index (χ4n) is 2.12. The van der Waals surface area contributed by atoms with Crippen molar-refractivity contribution in [2.45, 2.75) is 25.8 Å². The first-order chi connectivity index (χ1) is 7.51. The van der Waals surface area contributed by atoms with Crippen LogP contribution in [0, 0.1) is 0 Å². The number of piperidine rings is 1. The van der Waals surface area contributed by atoms with Gasteiger partial charge in [-0.15, -0.1) is 0 Å². The number of nitrogens with zero attached hydrogens (tertiary/aromatic N) is 2. The Labute approximate surface area is 98.6 Å². The highest BCUT2D eigenvalue weighted by atomic mass is 32.2. The van der Waals surface area contributed by atoms with Gasteiger partial charge in [-0.3, -0.25) is 0 Å². The predicted octanol–water partition coefficient (Wildman–Crippen LogP) is -0.309. The lowest BCUT2D eigenvalue weighted by atomic mass is 10.1. The van der Waals surface area contributed by atoms with E-state index in [0.29, 0.717) is 0 Å². The molecule has 0 spiro atoms. The second-order valence-corrected chi connectivity index (χ2v) is 6.43. The van der Waals surface area contributed by atoms with Gasteiger partial charge in [-0.2, -0.15) is 0 Å². The normalized spacial score (nSPS) is 20.5. The highest BCUT2D eigenvalue weighted by molar-refractivity contribution is 7.89. The number of nitrogens with two attached hydrogens (primary N) is 1. The molecule has 1 rings (SSSR count).